The van der Waals surface area contributed by atoms with Crippen molar-refractivity contribution in [2.24, 2.45) is 17.6 Å². The van der Waals surface area contributed by atoms with Gasteiger partial charge in [0.25, 0.3) is 0 Å². The Kier molecular flexibility index (Phi) is 8.17. The van der Waals surface area contributed by atoms with Crippen LogP contribution in [0.15, 0.2) is 0 Å². The summed E-state index contributed by atoms with van der Waals surface area (Å²) >= 11 is 0. The number of hydrogen-bond acceptors (Lipinski definition) is 3. The summed E-state index contributed by atoms with van der Waals surface area (Å²) in [5.74, 6) is -2.54. The zero-order valence-corrected chi connectivity index (χ0v) is 13.5. The smallest absolute Gasteiger partial charge is 0.346 e. The number of piperidine rings is 1. The first-order valence-electron chi connectivity index (χ1n) is 7.00. The normalized spacial score (nSPS) is 20.3. The van der Waals surface area contributed by atoms with Crippen LogP contribution in [0.3, 0.4) is 0 Å². The predicted molar refractivity (Wildman–Crippen MR) is 78.4 cm³/mol. The van der Waals surface area contributed by atoms with Crippen LogP contribution in [0, 0.1) is 11.8 Å². The number of nitrogens with zero attached hydrogens (tertiary/aromatic N) is 1. The third kappa shape index (κ3) is 6.00. The topological polar surface area (TPSA) is 75.4 Å². The van der Waals surface area contributed by atoms with Crippen LogP contribution in [0.2, 0.25) is 0 Å². The molecule has 0 aliphatic carbocycles. The van der Waals surface area contributed by atoms with Crippen molar-refractivity contribution in [1.29, 1.82) is 0 Å². The Bertz CT molecular complexity index is 391. The number of halogens is 4. The largest absolute Gasteiger partial charge is 0.393 e. The lowest BCUT2D eigenvalue weighted by molar-refractivity contribution is -0.188. The molecule has 0 saturated carbocycles. The van der Waals surface area contributed by atoms with Gasteiger partial charge in [-0.1, -0.05) is 13.8 Å². The van der Waals surface area contributed by atoms with Crippen molar-refractivity contribution in [2.75, 3.05) is 19.6 Å². The highest BCUT2D eigenvalue weighted by molar-refractivity contribution is 5.87. The number of rotatable bonds is 4. The van der Waals surface area contributed by atoms with Gasteiger partial charge in [-0.05, 0) is 18.8 Å². The van der Waals surface area contributed by atoms with E-state index in [-0.39, 0.29) is 44.4 Å². The molecule has 1 rings (SSSR count). The zero-order valence-electron chi connectivity index (χ0n) is 12.7. The van der Waals surface area contributed by atoms with Crippen LogP contribution >= 0.6 is 12.4 Å². The number of carbonyl (C=O) groups is 2. The van der Waals surface area contributed by atoms with Gasteiger partial charge < -0.3 is 16.0 Å². The summed E-state index contributed by atoms with van der Waals surface area (Å²) in [6.07, 6.45) is -3.94. The number of carbonyl (C=O) groups excluding carboxylic acids is 2. The Labute approximate surface area is 134 Å². The molecule has 1 aliphatic heterocycles. The molecule has 1 saturated heterocycles. The van der Waals surface area contributed by atoms with Gasteiger partial charge in [-0.3, -0.25) is 9.59 Å². The average molecular weight is 346 g/mol. The fourth-order valence-electron chi connectivity index (χ4n) is 2.17. The first kappa shape index (κ1) is 21.0. The molecule has 0 bridgehead atoms. The number of amides is 2. The third-order valence-electron chi connectivity index (χ3n) is 3.67. The van der Waals surface area contributed by atoms with E-state index in [0.717, 1.165) is 4.90 Å². The molecule has 22 heavy (non-hydrogen) atoms. The van der Waals surface area contributed by atoms with Crippen molar-refractivity contribution in [3.8, 4) is 0 Å². The van der Waals surface area contributed by atoms with Gasteiger partial charge in [-0.25, -0.2) is 0 Å². The molecule has 1 fully saturated rings. The second-order valence-corrected chi connectivity index (χ2v) is 5.71. The molecule has 0 radical (unpaired) electrons. The Morgan fingerprint density at radius 3 is 2.45 bits per heavy atom. The van der Waals surface area contributed by atoms with Crippen LogP contribution in [0.1, 0.15) is 26.7 Å². The molecule has 0 aromatic carbocycles. The first-order chi connectivity index (χ1) is 9.62. The Hall–Kier alpha value is -1.02. The molecular weight excluding hydrogens is 323 g/mol. The molecule has 130 valence electrons. The molecule has 0 aromatic heterocycles. The standard InChI is InChI=1S/C13H22F3N3O2.ClH/c1-8(2)11(17)12(21)18-6-10(20)19-5-3-4-9(7-19)13(14,15)16;/h8-9,11H,3-7,17H2,1-2H3,(H,18,21);1H/t9?,11-;/m0./s1. The first-order valence-corrected chi connectivity index (χ1v) is 7.00. The van der Waals surface area contributed by atoms with E-state index >= 15 is 0 Å². The molecule has 1 aliphatic rings. The number of likely N-dealkylation sites (tertiary alicyclic amines) is 1. The molecular formula is C13H23ClF3N3O2. The highest BCUT2D eigenvalue weighted by atomic mass is 35.5. The van der Waals surface area contributed by atoms with Crippen LogP contribution in [0.4, 0.5) is 13.2 Å². The summed E-state index contributed by atoms with van der Waals surface area (Å²) in [4.78, 5) is 24.6. The Morgan fingerprint density at radius 1 is 1.36 bits per heavy atom. The van der Waals surface area contributed by atoms with E-state index < -0.39 is 30.0 Å². The van der Waals surface area contributed by atoms with Crippen LogP contribution in [0.25, 0.3) is 0 Å². The van der Waals surface area contributed by atoms with E-state index in [1.54, 1.807) is 13.8 Å². The number of hydrogen-bond donors (Lipinski definition) is 2. The second-order valence-electron chi connectivity index (χ2n) is 5.71. The minimum atomic E-state index is -4.29. The van der Waals surface area contributed by atoms with E-state index in [1.807, 2.05) is 0 Å². The van der Waals surface area contributed by atoms with Crippen molar-refractivity contribution < 1.29 is 22.8 Å². The molecule has 0 aromatic rings. The lowest BCUT2D eigenvalue weighted by Crippen LogP contribution is -2.50. The van der Waals surface area contributed by atoms with E-state index in [2.05, 4.69) is 5.32 Å². The quantitative estimate of drug-likeness (QED) is 0.806. The maximum absolute atomic E-state index is 12.7. The van der Waals surface area contributed by atoms with Crippen molar-refractivity contribution in [3.63, 3.8) is 0 Å². The van der Waals surface area contributed by atoms with Crippen LogP contribution in [-0.4, -0.2) is 48.6 Å². The van der Waals surface area contributed by atoms with Crippen LogP contribution < -0.4 is 11.1 Å². The molecule has 2 amide bonds. The lowest BCUT2D eigenvalue weighted by atomic mass is 9.97. The molecule has 9 heteroatoms. The number of alkyl halides is 3. The van der Waals surface area contributed by atoms with Gasteiger partial charge in [-0.15, -0.1) is 12.4 Å². The third-order valence-corrected chi connectivity index (χ3v) is 3.67. The van der Waals surface area contributed by atoms with Crippen molar-refractivity contribution >= 4 is 24.2 Å². The SMILES string of the molecule is CC(C)[C@H](N)C(=O)NCC(=O)N1CCCC(C(F)(F)F)C1.Cl. The van der Waals surface area contributed by atoms with Gasteiger partial charge in [0.05, 0.1) is 18.5 Å². The summed E-state index contributed by atoms with van der Waals surface area (Å²) < 4.78 is 38.0. The van der Waals surface area contributed by atoms with E-state index in [0.29, 0.717) is 6.42 Å². The lowest BCUT2D eigenvalue weighted by Gasteiger charge is -2.33. The number of nitrogens with one attached hydrogen (secondary N) is 1. The summed E-state index contributed by atoms with van der Waals surface area (Å²) in [5.41, 5.74) is 5.62. The zero-order chi connectivity index (χ0) is 16.2. The highest BCUT2D eigenvalue weighted by Gasteiger charge is 2.42. The van der Waals surface area contributed by atoms with Gasteiger partial charge in [0, 0.05) is 13.1 Å². The molecule has 2 atom stereocenters. The summed E-state index contributed by atoms with van der Waals surface area (Å²) in [7, 11) is 0. The minimum Gasteiger partial charge on any atom is -0.346 e. The van der Waals surface area contributed by atoms with Crippen molar-refractivity contribution in [1.82, 2.24) is 10.2 Å². The molecule has 5 nitrogen and oxygen atoms in total. The minimum absolute atomic E-state index is 0. The second kappa shape index (κ2) is 8.57. The monoisotopic (exact) mass is 345 g/mol. The van der Waals surface area contributed by atoms with Crippen LogP contribution in [-0.2, 0) is 9.59 Å². The van der Waals surface area contributed by atoms with Gasteiger partial charge in [0.2, 0.25) is 11.8 Å². The summed E-state index contributed by atoms with van der Waals surface area (Å²) in [6, 6.07) is -0.734. The van der Waals surface area contributed by atoms with E-state index in [4.69, 9.17) is 5.73 Å². The molecule has 3 N–H and O–H groups in total. The number of nitrogens with two attached hydrogens (primary N) is 1. The Balaban J connectivity index is 0.00000441. The Morgan fingerprint density at radius 2 is 1.95 bits per heavy atom. The van der Waals surface area contributed by atoms with Gasteiger partial charge in [0.15, 0.2) is 0 Å². The van der Waals surface area contributed by atoms with Crippen molar-refractivity contribution in [3.05, 3.63) is 0 Å². The fraction of sp³-hybridized carbons (Fsp3) is 0.846. The van der Waals surface area contributed by atoms with Crippen molar-refractivity contribution in [2.45, 2.75) is 38.9 Å². The molecule has 1 unspecified atom stereocenters. The average Bonchev–Trinajstić information content (AvgIpc) is 2.42. The highest BCUT2D eigenvalue weighted by Crippen LogP contribution is 2.32. The van der Waals surface area contributed by atoms with E-state index in [1.165, 1.54) is 0 Å². The van der Waals surface area contributed by atoms with Gasteiger partial charge >= 0.3 is 6.18 Å². The van der Waals surface area contributed by atoms with E-state index in [9.17, 15) is 22.8 Å². The molecule has 1 heterocycles. The van der Waals surface area contributed by atoms with Crippen LogP contribution in [0.5, 0.6) is 0 Å². The molecule has 0 spiro atoms. The summed E-state index contributed by atoms with van der Waals surface area (Å²) in [5, 5.41) is 2.38. The van der Waals surface area contributed by atoms with Gasteiger partial charge in [0.1, 0.15) is 0 Å². The maximum atomic E-state index is 12.7. The van der Waals surface area contributed by atoms with Gasteiger partial charge in [-0.2, -0.15) is 13.2 Å². The summed E-state index contributed by atoms with van der Waals surface area (Å²) in [6.45, 7) is 3.17. The predicted octanol–water partition coefficient (Wildman–Crippen LogP) is 1.31. The maximum Gasteiger partial charge on any atom is 0.393 e. The fourth-order valence-corrected chi connectivity index (χ4v) is 2.17.